The van der Waals surface area contributed by atoms with Gasteiger partial charge in [-0.3, -0.25) is 4.79 Å². The normalized spacial score (nSPS) is 11.4. The lowest BCUT2D eigenvalue weighted by Gasteiger charge is -2.09. The van der Waals surface area contributed by atoms with E-state index in [1.165, 1.54) is 28.9 Å². The van der Waals surface area contributed by atoms with Crippen molar-refractivity contribution in [2.24, 2.45) is 0 Å². The van der Waals surface area contributed by atoms with Crippen LogP contribution in [0.15, 0.2) is 70.0 Å². The van der Waals surface area contributed by atoms with Crippen molar-refractivity contribution < 1.29 is 31.9 Å². The zero-order chi connectivity index (χ0) is 24.8. The number of aromatic nitrogens is 4. The molecule has 0 fully saturated rings. The number of alkyl halides is 3. The van der Waals surface area contributed by atoms with Crippen molar-refractivity contribution >= 4 is 0 Å². The van der Waals surface area contributed by atoms with E-state index in [4.69, 9.17) is 14.0 Å². The quantitative estimate of drug-likeness (QED) is 0.327. The number of nitrogens with zero attached hydrogens (tertiary/aromatic N) is 4. The van der Waals surface area contributed by atoms with Crippen LogP contribution in [0.2, 0.25) is 0 Å². The van der Waals surface area contributed by atoms with E-state index in [9.17, 15) is 18.0 Å². The Morgan fingerprint density at radius 2 is 1.80 bits per heavy atom. The molecule has 182 valence electrons. The summed E-state index contributed by atoms with van der Waals surface area (Å²) < 4.78 is 57.9. The van der Waals surface area contributed by atoms with Gasteiger partial charge in [0, 0.05) is 18.7 Å². The van der Waals surface area contributed by atoms with E-state index in [1.54, 1.807) is 19.2 Å². The van der Waals surface area contributed by atoms with Gasteiger partial charge in [-0.05, 0) is 48.0 Å². The number of hydrogen-bond donors (Lipinski definition) is 0. The molecule has 0 bridgehead atoms. The third-order valence-electron chi connectivity index (χ3n) is 4.64. The highest BCUT2D eigenvalue weighted by Gasteiger charge is 2.31. The molecule has 0 saturated carbocycles. The second-order valence-corrected chi connectivity index (χ2v) is 7.20. The van der Waals surface area contributed by atoms with Gasteiger partial charge in [0.1, 0.15) is 23.8 Å². The summed E-state index contributed by atoms with van der Waals surface area (Å²) in [5.74, 6) is 0.448. The molecule has 0 saturated heterocycles. The van der Waals surface area contributed by atoms with Gasteiger partial charge in [0.05, 0.1) is 13.2 Å². The molecule has 0 spiro atoms. The standard InChI is InChI=1S/C23H19F3N4O5/c1-32-11-12-33-18-4-2-3-15(13-18)14-30-20(31)10-9-19(28-30)22-27-21(29-35-22)16-5-7-17(8-6-16)34-23(24,25)26/h2-10,13H,11-12,14H2,1H3. The molecule has 0 aliphatic carbocycles. The van der Waals surface area contributed by atoms with Crippen LogP contribution in [-0.2, 0) is 11.3 Å². The van der Waals surface area contributed by atoms with Crippen LogP contribution in [0, 0.1) is 0 Å². The first-order valence-electron chi connectivity index (χ1n) is 10.3. The maximum Gasteiger partial charge on any atom is 0.573 e. The van der Waals surface area contributed by atoms with E-state index >= 15 is 0 Å². The topological polar surface area (TPSA) is 102 Å². The molecule has 9 nitrogen and oxygen atoms in total. The molecular weight excluding hydrogens is 469 g/mol. The van der Waals surface area contributed by atoms with Gasteiger partial charge in [-0.15, -0.1) is 13.2 Å². The summed E-state index contributed by atoms with van der Waals surface area (Å²) in [6.07, 6.45) is -4.78. The minimum atomic E-state index is -4.78. The van der Waals surface area contributed by atoms with Crippen molar-refractivity contribution in [3.63, 3.8) is 0 Å². The van der Waals surface area contributed by atoms with E-state index in [1.807, 2.05) is 12.1 Å². The van der Waals surface area contributed by atoms with Crippen molar-refractivity contribution in [1.29, 1.82) is 0 Å². The smallest absolute Gasteiger partial charge is 0.491 e. The summed E-state index contributed by atoms with van der Waals surface area (Å²) >= 11 is 0. The lowest BCUT2D eigenvalue weighted by molar-refractivity contribution is -0.274. The first kappa shape index (κ1) is 24.0. The van der Waals surface area contributed by atoms with E-state index in [0.29, 0.717) is 24.5 Å². The summed E-state index contributed by atoms with van der Waals surface area (Å²) in [7, 11) is 1.58. The van der Waals surface area contributed by atoms with Gasteiger partial charge in [-0.25, -0.2) is 4.68 Å². The number of ether oxygens (including phenoxy) is 3. The molecule has 4 aromatic rings. The predicted octanol–water partition coefficient (Wildman–Crippen LogP) is 3.93. The largest absolute Gasteiger partial charge is 0.573 e. The molecule has 0 amide bonds. The van der Waals surface area contributed by atoms with Crippen LogP contribution in [0.1, 0.15) is 5.56 Å². The Labute approximate surface area is 196 Å². The van der Waals surface area contributed by atoms with Crippen LogP contribution in [0.25, 0.3) is 23.0 Å². The van der Waals surface area contributed by atoms with Crippen molar-refractivity contribution in [2.45, 2.75) is 12.9 Å². The Kier molecular flexibility index (Phi) is 7.11. The summed E-state index contributed by atoms with van der Waals surface area (Å²) in [6, 6.07) is 15.0. The zero-order valence-electron chi connectivity index (χ0n) is 18.4. The molecule has 35 heavy (non-hydrogen) atoms. The van der Waals surface area contributed by atoms with Gasteiger partial charge < -0.3 is 18.7 Å². The molecular formula is C23H19F3N4O5. The highest BCUT2D eigenvalue weighted by molar-refractivity contribution is 5.58. The summed E-state index contributed by atoms with van der Waals surface area (Å²) in [4.78, 5) is 16.6. The molecule has 0 aliphatic rings. The lowest BCUT2D eigenvalue weighted by atomic mass is 10.2. The molecule has 12 heteroatoms. The van der Waals surface area contributed by atoms with Crippen LogP contribution in [0.4, 0.5) is 13.2 Å². The van der Waals surface area contributed by atoms with Crippen LogP contribution in [-0.4, -0.2) is 46.6 Å². The van der Waals surface area contributed by atoms with Gasteiger partial charge in [0.25, 0.3) is 11.4 Å². The summed E-state index contributed by atoms with van der Waals surface area (Å²) in [6.45, 7) is 1.02. The molecule has 2 heterocycles. The van der Waals surface area contributed by atoms with Crippen molar-refractivity contribution in [1.82, 2.24) is 19.9 Å². The van der Waals surface area contributed by atoms with E-state index in [-0.39, 0.29) is 35.3 Å². The minimum Gasteiger partial charge on any atom is -0.491 e. The first-order chi connectivity index (χ1) is 16.8. The third kappa shape index (κ3) is 6.44. The molecule has 0 N–H and O–H groups in total. The third-order valence-corrected chi connectivity index (χ3v) is 4.64. The number of benzene rings is 2. The lowest BCUT2D eigenvalue weighted by Crippen LogP contribution is -2.22. The maximum absolute atomic E-state index is 12.4. The van der Waals surface area contributed by atoms with Gasteiger partial charge >= 0.3 is 6.36 Å². The fourth-order valence-electron chi connectivity index (χ4n) is 3.08. The highest BCUT2D eigenvalue weighted by atomic mass is 19.4. The molecule has 0 radical (unpaired) electrons. The Morgan fingerprint density at radius 3 is 2.54 bits per heavy atom. The predicted molar refractivity (Wildman–Crippen MR) is 117 cm³/mol. The minimum absolute atomic E-state index is 0.0426. The number of halogens is 3. The maximum atomic E-state index is 12.4. The average molecular weight is 488 g/mol. The Balaban J connectivity index is 1.51. The van der Waals surface area contributed by atoms with Crippen molar-refractivity contribution in [2.75, 3.05) is 20.3 Å². The molecule has 2 aromatic heterocycles. The van der Waals surface area contributed by atoms with Crippen molar-refractivity contribution in [3.8, 4) is 34.5 Å². The molecule has 2 aromatic carbocycles. The first-order valence-corrected chi connectivity index (χ1v) is 10.3. The Bertz CT molecular complexity index is 1340. The van der Waals surface area contributed by atoms with Gasteiger partial charge in [-0.2, -0.15) is 10.1 Å². The highest BCUT2D eigenvalue weighted by Crippen LogP contribution is 2.26. The zero-order valence-corrected chi connectivity index (χ0v) is 18.4. The second kappa shape index (κ2) is 10.4. The average Bonchev–Trinajstić information content (AvgIpc) is 3.31. The summed E-state index contributed by atoms with van der Waals surface area (Å²) in [5.41, 5.74) is 1.12. The number of hydrogen-bond acceptors (Lipinski definition) is 8. The van der Waals surface area contributed by atoms with Crippen LogP contribution < -0.4 is 15.0 Å². The second-order valence-electron chi connectivity index (χ2n) is 7.20. The van der Waals surface area contributed by atoms with E-state index in [2.05, 4.69) is 20.0 Å². The van der Waals surface area contributed by atoms with E-state index in [0.717, 1.165) is 17.7 Å². The fraction of sp³-hybridized carbons (Fsp3) is 0.217. The van der Waals surface area contributed by atoms with Crippen LogP contribution in [0.3, 0.4) is 0 Å². The molecule has 0 unspecified atom stereocenters. The summed E-state index contributed by atoms with van der Waals surface area (Å²) in [5, 5.41) is 8.15. The fourth-order valence-corrected chi connectivity index (χ4v) is 3.08. The monoisotopic (exact) mass is 488 g/mol. The van der Waals surface area contributed by atoms with Crippen LogP contribution >= 0.6 is 0 Å². The van der Waals surface area contributed by atoms with Crippen molar-refractivity contribution in [3.05, 3.63) is 76.6 Å². The SMILES string of the molecule is COCCOc1cccc(Cn2nc(-c3nc(-c4ccc(OC(F)(F)F)cc4)no3)ccc2=O)c1. The molecule has 4 rings (SSSR count). The number of rotatable bonds is 9. The Hall–Kier alpha value is -4.19. The molecule has 0 atom stereocenters. The molecule has 0 aliphatic heterocycles. The van der Waals surface area contributed by atoms with Gasteiger partial charge in [0.2, 0.25) is 5.82 Å². The van der Waals surface area contributed by atoms with E-state index < -0.39 is 6.36 Å². The van der Waals surface area contributed by atoms with Gasteiger partial charge in [-0.1, -0.05) is 17.3 Å². The number of methoxy groups -OCH3 is 1. The van der Waals surface area contributed by atoms with Gasteiger partial charge in [0.15, 0.2) is 0 Å². The van der Waals surface area contributed by atoms with Crippen LogP contribution in [0.5, 0.6) is 11.5 Å². The Morgan fingerprint density at radius 1 is 1.00 bits per heavy atom.